The Morgan fingerprint density at radius 1 is 1.11 bits per heavy atom. The maximum absolute atomic E-state index is 12.5. The minimum Gasteiger partial charge on any atom is -0.305 e. The Labute approximate surface area is 114 Å². The summed E-state index contributed by atoms with van der Waals surface area (Å²) in [5.74, 6) is 0.995. The van der Waals surface area contributed by atoms with Gasteiger partial charge in [0.2, 0.25) is 0 Å². The molecule has 0 aromatic heterocycles. The van der Waals surface area contributed by atoms with E-state index in [1.807, 2.05) is 0 Å². The fraction of sp³-hybridized carbons (Fsp3) is 0.562. The number of piperidine rings is 2. The van der Waals surface area contributed by atoms with Crippen LogP contribution in [0.15, 0.2) is 24.3 Å². The first-order valence-electron chi connectivity index (χ1n) is 7.25. The molecule has 1 aromatic rings. The maximum atomic E-state index is 12.5. The molecule has 2 fully saturated rings. The second kappa shape index (κ2) is 4.15. The van der Waals surface area contributed by atoms with Crippen LogP contribution in [0.4, 0.5) is 0 Å². The molecule has 2 bridgehead atoms. The quantitative estimate of drug-likeness (QED) is 0.696. The lowest BCUT2D eigenvalue weighted by molar-refractivity contribution is -0.142. The zero-order valence-corrected chi connectivity index (χ0v) is 11.4. The van der Waals surface area contributed by atoms with E-state index in [-0.39, 0.29) is 11.8 Å². The summed E-state index contributed by atoms with van der Waals surface area (Å²) in [4.78, 5) is 17.4. The Kier molecular flexibility index (Phi) is 2.54. The topological polar surface area (TPSA) is 23.6 Å². The first-order valence-corrected chi connectivity index (χ1v) is 7.25. The highest BCUT2D eigenvalue weighted by Gasteiger charge is 2.47. The molecule has 0 N–H and O–H groups in total. The minimum atomic E-state index is 0.228. The maximum Gasteiger partial charge on any atom is 0.144 e. The third kappa shape index (κ3) is 1.76. The zero-order chi connectivity index (χ0) is 13.0. The molecule has 3 aliphatic rings. The molecule has 1 aromatic carbocycles. The summed E-state index contributed by atoms with van der Waals surface area (Å²) in [6.45, 7) is 3.88. The highest BCUT2D eigenvalue weighted by Crippen LogP contribution is 2.36. The molecular weight excluding hydrogens is 236 g/mol. The van der Waals surface area contributed by atoms with E-state index in [4.69, 9.17) is 0 Å². The molecule has 3 aliphatic heterocycles. The lowest BCUT2D eigenvalue weighted by Gasteiger charge is -2.51. The van der Waals surface area contributed by atoms with Gasteiger partial charge in [-0.1, -0.05) is 24.3 Å². The fourth-order valence-electron chi connectivity index (χ4n) is 4.21. The largest absolute Gasteiger partial charge is 0.305 e. The van der Waals surface area contributed by atoms with Crippen LogP contribution in [0.25, 0.3) is 0 Å². The molecule has 3 heteroatoms. The van der Waals surface area contributed by atoms with Gasteiger partial charge in [0.05, 0.1) is 0 Å². The standard InChI is InChI=1S/C16H20N2O/c1-17-7-13-9-18-8-12-5-3-2-4-11(12)6-15(18)14(10-17)16(13)19/h2-5,13-15H,6-10H2,1H3/t13-,14+,15-/m0/s1. The van der Waals surface area contributed by atoms with Gasteiger partial charge in [-0.15, -0.1) is 0 Å². The van der Waals surface area contributed by atoms with Crippen LogP contribution in [0.5, 0.6) is 0 Å². The third-order valence-electron chi connectivity index (χ3n) is 5.12. The molecular formula is C16H20N2O. The smallest absolute Gasteiger partial charge is 0.144 e. The molecule has 3 nitrogen and oxygen atoms in total. The summed E-state index contributed by atoms with van der Waals surface area (Å²) in [5.41, 5.74) is 2.91. The molecule has 0 unspecified atom stereocenters. The molecule has 0 radical (unpaired) electrons. The van der Waals surface area contributed by atoms with Crippen LogP contribution in [-0.2, 0) is 17.8 Å². The van der Waals surface area contributed by atoms with E-state index in [1.54, 1.807) is 0 Å². The van der Waals surface area contributed by atoms with Crippen molar-refractivity contribution < 1.29 is 4.79 Å². The summed E-state index contributed by atoms with van der Waals surface area (Å²) < 4.78 is 0. The molecule has 2 saturated heterocycles. The SMILES string of the molecule is CN1C[C@H]2CN3Cc4ccccc4C[C@H]3[C@@H](C1)C2=O. The van der Waals surface area contributed by atoms with Gasteiger partial charge in [-0.2, -0.15) is 0 Å². The number of hydrogen-bond donors (Lipinski definition) is 0. The van der Waals surface area contributed by atoms with E-state index in [1.165, 1.54) is 11.1 Å². The van der Waals surface area contributed by atoms with E-state index in [2.05, 4.69) is 41.1 Å². The lowest BCUT2D eigenvalue weighted by atomic mass is 9.74. The van der Waals surface area contributed by atoms with Gasteiger partial charge >= 0.3 is 0 Å². The number of Topliss-reactive ketones (excluding diaryl/α,β-unsaturated/α-hetero) is 1. The number of carbonyl (C=O) groups is 1. The molecule has 0 amide bonds. The zero-order valence-electron chi connectivity index (χ0n) is 11.4. The van der Waals surface area contributed by atoms with Gasteiger partial charge in [0.1, 0.15) is 5.78 Å². The van der Waals surface area contributed by atoms with E-state index in [0.29, 0.717) is 11.8 Å². The van der Waals surface area contributed by atoms with Gasteiger partial charge in [0.25, 0.3) is 0 Å². The number of ketones is 1. The number of nitrogens with zero attached hydrogens (tertiary/aromatic N) is 2. The average molecular weight is 256 g/mol. The van der Waals surface area contributed by atoms with Crippen molar-refractivity contribution in [2.75, 3.05) is 26.7 Å². The Balaban J connectivity index is 1.69. The van der Waals surface area contributed by atoms with Crippen LogP contribution < -0.4 is 0 Å². The van der Waals surface area contributed by atoms with Crippen molar-refractivity contribution in [2.24, 2.45) is 11.8 Å². The van der Waals surface area contributed by atoms with Gasteiger partial charge in [0.15, 0.2) is 0 Å². The fourth-order valence-corrected chi connectivity index (χ4v) is 4.21. The lowest BCUT2D eigenvalue weighted by Crippen LogP contribution is -2.63. The number of rotatable bonds is 0. The molecule has 0 saturated carbocycles. The number of hydrogen-bond acceptors (Lipinski definition) is 3. The van der Waals surface area contributed by atoms with Crippen LogP contribution in [-0.4, -0.2) is 48.3 Å². The van der Waals surface area contributed by atoms with Crippen LogP contribution in [0.1, 0.15) is 11.1 Å². The van der Waals surface area contributed by atoms with Crippen molar-refractivity contribution in [3.63, 3.8) is 0 Å². The average Bonchev–Trinajstić information content (AvgIpc) is 2.40. The second-order valence-electron chi connectivity index (χ2n) is 6.40. The first-order chi connectivity index (χ1) is 9.22. The predicted octanol–water partition coefficient (Wildman–Crippen LogP) is 1.17. The Morgan fingerprint density at radius 3 is 2.74 bits per heavy atom. The minimum absolute atomic E-state index is 0.228. The van der Waals surface area contributed by atoms with Gasteiger partial charge in [-0.25, -0.2) is 0 Å². The van der Waals surface area contributed by atoms with Crippen molar-refractivity contribution in [2.45, 2.75) is 19.0 Å². The number of benzene rings is 1. The molecule has 4 rings (SSSR count). The Bertz CT molecular complexity index is 527. The van der Waals surface area contributed by atoms with Crippen molar-refractivity contribution in [1.29, 1.82) is 0 Å². The van der Waals surface area contributed by atoms with Crippen molar-refractivity contribution >= 4 is 5.78 Å². The van der Waals surface area contributed by atoms with Crippen LogP contribution in [0.2, 0.25) is 0 Å². The summed E-state index contributed by atoms with van der Waals surface area (Å²) in [6, 6.07) is 9.15. The highest BCUT2D eigenvalue weighted by molar-refractivity contribution is 5.86. The van der Waals surface area contributed by atoms with Crippen molar-refractivity contribution in [3.05, 3.63) is 35.4 Å². The number of likely N-dealkylation sites (tertiary alicyclic amines) is 1. The normalized spacial score (nSPS) is 34.8. The van der Waals surface area contributed by atoms with E-state index >= 15 is 0 Å². The van der Waals surface area contributed by atoms with Crippen LogP contribution >= 0.6 is 0 Å². The third-order valence-corrected chi connectivity index (χ3v) is 5.12. The molecule has 3 heterocycles. The van der Waals surface area contributed by atoms with E-state index < -0.39 is 0 Å². The summed E-state index contributed by atoms with van der Waals surface area (Å²) >= 11 is 0. The Morgan fingerprint density at radius 2 is 1.89 bits per heavy atom. The van der Waals surface area contributed by atoms with Crippen LogP contribution in [0, 0.1) is 11.8 Å². The number of fused-ring (bicyclic) bond motifs is 5. The first kappa shape index (κ1) is 11.6. The molecule has 19 heavy (non-hydrogen) atoms. The number of carbonyl (C=O) groups excluding carboxylic acids is 1. The predicted molar refractivity (Wildman–Crippen MR) is 73.8 cm³/mol. The monoisotopic (exact) mass is 256 g/mol. The van der Waals surface area contributed by atoms with Gasteiger partial charge in [-0.3, -0.25) is 9.69 Å². The Hall–Kier alpha value is -1.19. The van der Waals surface area contributed by atoms with Gasteiger partial charge in [0, 0.05) is 44.1 Å². The van der Waals surface area contributed by atoms with Crippen molar-refractivity contribution in [3.8, 4) is 0 Å². The second-order valence-corrected chi connectivity index (χ2v) is 6.40. The molecule has 3 atom stereocenters. The molecule has 100 valence electrons. The van der Waals surface area contributed by atoms with Crippen LogP contribution in [0.3, 0.4) is 0 Å². The van der Waals surface area contributed by atoms with Gasteiger partial charge in [-0.05, 0) is 24.6 Å². The van der Waals surface area contributed by atoms with Crippen molar-refractivity contribution in [1.82, 2.24) is 9.80 Å². The van der Waals surface area contributed by atoms with Gasteiger partial charge < -0.3 is 4.90 Å². The summed E-state index contributed by atoms with van der Waals surface area (Å²) in [7, 11) is 2.15. The summed E-state index contributed by atoms with van der Waals surface area (Å²) in [5, 5.41) is 0. The molecule has 0 aliphatic carbocycles. The van der Waals surface area contributed by atoms with E-state index in [0.717, 1.165) is 32.6 Å². The van der Waals surface area contributed by atoms with E-state index in [9.17, 15) is 4.79 Å². The highest BCUT2D eigenvalue weighted by atomic mass is 16.1. The molecule has 0 spiro atoms. The summed E-state index contributed by atoms with van der Waals surface area (Å²) in [6.07, 6.45) is 1.05.